The van der Waals surface area contributed by atoms with Gasteiger partial charge in [0.2, 0.25) is 0 Å². The summed E-state index contributed by atoms with van der Waals surface area (Å²) in [5, 5.41) is 1.83. The van der Waals surface area contributed by atoms with E-state index in [1.54, 1.807) is 10.4 Å². The maximum absolute atomic E-state index is 12.6. The van der Waals surface area contributed by atoms with Crippen LogP contribution in [0.4, 0.5) is 0 Å². The number of sulfonamides is 1. The number of hydrogen-bond donors (Lipinski definition) is 0. The molecule has 0 N–H and O–H groups in total. The molecule has 2 heterocycles. The Labute approximate surface area is 113 Å². The van der Waals surface area contributed by atoms with Crippen LogP contribution in [0.5, 0.6) is 0 Å². The second-order valence-electron chi connectivity index (χ2n) is 5.74. The molecule has 0 amide bonds. The monoisotopic (exact) mass is 285 g/mol. The second-order valence-corrected chi connectivity index (χ2v) is 8.81. The van der Waals surface area contributed by atoms with Crippen LogP contribution in [0, 0.1) is 5.41 Å². The molecule has 18 heavy (non-hydrogen) atoms. The van der Waals surface area contributed by atoms with Crippen molar-refractivity contribution in [2.45, 2.75) is 49.3 Å². The number of hydrogen-bond acceptors (Lipinski definition) is 3. The van der Waals surface area contributed by atoms with Crippen molar-refractivity contribution in [1.82, 2.24) is 4.31 Å². The number of nitrogens with zero attached hydrogens (tertiary/aromatic N) is 1. The lowest BCUT2D eigenvalue weighted by Gasteiger charge is -2.23. The van der Waals surface area contributed by atoms with Crippen LogP contribution in [0.3, 0.4) is 0 Å². The fraction of sp³-hybridized carbons (Fsp3) is 0.692. The van der Waals surface area contributed by atoms with Gasteiger partial charge >= 0.3 is 0 Å². The first-order valence-electron chi connectivity index (χ1n) is 6.59. The standard InChI is InChI=1S/C13H19NO2S2/c1-11-9-13(6-2-3-7-13)10-14(11)18(15,16)12-5-4-8-17-12/h4-5,8,11H,2-3,6-7,9-10H2,1H3. The van der Waals surface area contributed by atoms with E-state index in [9.17, 15) is 8.42 Å². The Morgan fingerprint density at radius 1 is 1.39 bits per heavy atom. The molecule has 0 bridgehead atoms. The summed E-state index contributed by atoms with van der Waals surface area (Å²) < 4.78 is 27.4. The number of rotatable bonds is 2. The van der Waals surface area contributed by atoms with Crippen LogP contribution >= 0.6 is 11.3 Å². The van der Waals surface area contributed by atoms with E-state index in [0.29, 0.717) is 4.21 Å². The van der Waals surface area contributed by atoms with Crippen LogP contribution in [0.15, 0.2) is 21.7 Å². The summed E-state index contributed by atoms with van der Waals surface area (Å²) in [4.78, 5) is 0. The quantitative estimate of drug-likeness (QED) is 0.837. The summed E-state index contributed by atoms with van der Waals surface area (Å²) in [5.74, 6) is 0. The third-order valence-corrected chi connectivity index (χ3v) is 7.77. The molecule has 1 spiro atoms. The molecule has 3 rings (SSSR count). The van der Waals surface area contributed by atoms with Gasteiger partial charge in [-0.2, -0.15) is 4.31 Å². The van der Waals surface area contributed by atoms with Gasteiger partial charge in [0.05, 0.1) is 0 Å². The normalized spacial score (nSPS) is 28.2. The fourth-order valence-electron chi connectivity index (χ4n) is 3.61. The molecular formula is C13H19NO2S2. The highest BCUT2D eigenvalue weighted by Gasteiger charge is 2.48. The van der Waals surface area contributed by atoms with Crippen molar-refractivity contribution >= 4 is 21.4 Å². The Hall–Kier alpha value is -0.390. The van der Waals surface area contributed by atoms with Crippen molar-refractivity contribution in [2.24, 2.45) is 5.41 Å². The third kappa shape index (κ3) is 1.92. The molecule has 1 unspecified atom stereocenters. The van der Waals surface area contributed by atoms with E-state index < -0.39 is 10.0 Å². The van der Waals surface area contributed by atoms with Crippen molar-refractivity contribution in [3.05, 3.63) is 17.5 Å². The Kier molecular flexibility index (Phi) is 3.03. The first kappa shape index (κ1) is 12.6. The van der Waals surface area contributed by atoms with Crippen molar-refractivity contribution in [2.75, 3.05) is 6.54 Å². The summed E-state index contributed by atoms with van der Waals surface area (Å²) in [5.41, 5.74) is 0.281. The van der Waals surface area contributed by atoms with Gasteiger partial charge in [-0.25, -0.2) is 8.42 Å². The largest absolute Gasteiger partial charge is 0.252 e. The van der Waals surface area contributed by atoms with E-state index in [-0.39, 0.29) is 11.5 Å². The molecule has 2 aliphatic rings. The van der Waals surface area contributed by atoms with E-state index in [1.807, 2.05) is 11.4 Å². The highest BCUT2D eigenvalue weighted by molar-refractivity contribution is 7.91. The summed E-state index contributed by atoms with van der Waals surface area (Å²) in [6.45, 7) is 2.78. The average Bonchev–Trinajstić information content (AvgIpc) is 3.02. The molecule has 1 saturated heterocycles. The first-order chi connectivity index (χ1) is 8.54. The van der Waals surface area contributed by atoms with E-state index in [4.69, 9.17) is 0 Å². The molecular weight excluding hydrogens is 266 g/mol. The van der Waals surface area contributed by atoms with Gasteiger partial charge in [0.15, 0.2) is 0 Å². The summed E-state index contributed by atoms with van der Waals surface area (Å²) in [6.07, 6.45) is 5.97. The van der Waals surface area contributed by atoms with Crippen LogP contribution in [0.1, 0.15) is 39.0 Å². The predicted molar refractivity (Wildman–Crippen MR) is 73.2 cm³/mol. The van der Waals surface area contributed by atoms with Gasteiger partial charge in [-0.3, -0.25) is 0 Å². The minimum absolute atomic E-state index is 0.148. The Morgan fingerprint density at radius 2 is 2.11 bits per heavy atom. The summed E-state index contributed by atoms with van der Waals surface area (Å²) >= 11 is 1.32. The van der Waals surface area contributed by atoms with Crippen molar-refractivity contribution in [3.63, 3.8) is 0 Å². The first-order valence-corrected chi connectivity index (χ1v) is 8.91. The lowest BCUT2D eigenvalue weighted by atomic mass is 9.84. The van der Waals surface area contributed by atoms with Gasteiger partial charge in [0.1, 0.15) is 4.21 Å². The van der Waals surface area contributed by atoms with Crippen LogP contribution in [0.2, 0.25) is 0 Å². The predicted octanol–water partition coefficient (Wildman–Crippen LogP) is 3.09. The van der Waals surface area contributed by atoms with E-state index >= 15 is 0 Å². The van der Waals surface area contributed by atoms with E-state index in [2.05, 4.69) is 6.92 Å². The van der Waals surface area contributed by atoms with Crippen LogP contribution in [0.25, 0.3) is 0 Å². The van der Waals surface area contributed by atoms with Crippen molar-refractivity contribution < 1.29 is 8.42 Å². The fourth-order valence-corrected chi connectivity index (χ4v) is 6.48. The molecule has 1 aromatic rings. The molecule has 1 aromatic heterocycles. The zero-order chi connectivity index (χ0) is 12.8. The molecule has 0 radical (unpaired) electrons. The Bertz CT molecular complexity index is 515. The van der Waals surface area contributed by atoms with E-state index in [0.717, 1.165) is 13.0 Å². The molecule has 1 aliphatic carbocycles. The average molecular weight is 285 g/mol. The second kappa shape index (κ2) is 4.32. The van der Waals surface area contributed by atoms with Gasteiger partial charge in [-0.15, -0.1) is 11.3 Å². The minimum atomic E-state index is -3.26. The zero-order valence-electron chi connectivity index (χ0n) is 10.6. The minimum Gasteiger partial charge on any atom is -0.206 e. The molecule has 100 valence electrons. The molecule has 1 saturated carbocycles. The molecule has 3 nitrogen and oxygen atoms in total. The van der Waals surface area contributed by atoms with Gasteiger partial charge < -0.3 is 0 Å². The lowest BCUT2D eigenvalue weighted by molar-refractivity contribution is 0.314. The van der Waals surface area contributed by atoms with Crippen molar-refractivity contribution in [1.29, 1.82) is 0 Å². The topological polar surface area (TPSA) is 37.4 Å². The zero-order valence-corrected chi connectivity index (χ0v) is 12.3. The third-order valence-electron chi connectivity index (χ3n) is 4.43. The Balaban J connectivity index is 1.89. The van der Waals surface area contributed by atoms with Gasteiger partial charge in [-0.05, 0) is 43.0 Å². The van der Waals surface area contributed by atoms with Crippen LogP contribution < -0.4 is 0 Å². The SMILES string of the molecule is CC1CC2(CCCC2)CN1S(=O)(=O)c1cccs1. The smallest absolute Gasteiger partial charge is 0.206 e. The highest BCUT2D eigenvalue weighted by atomic mass is 32.2. The van der Waals surface area contributed by atoms with Gasteiger partial charge in [0, 0.05) is 12.6 Å². The maximum atomic E-state index is 12.6. The van der Waals surface area contributed by atoms with E-state index in [1.165, 1.54) is 37.0 Å². The highest BCUT2D eigenvalue weighted by Crippen LogP contribution is 2.49. The molecule has 1 atom stereocenters. The van der Waals surface area contributed by atoms with Gasteiger partial charge in [-0.1, -0.05) is 18.9 Å². The lowest BCUT2D eigenvalue weighted by Crippen LogP contribution is -2.34. The summed E-state index contributed by atoms with van der Waals surface area (Å²) in [6, 6.07) is 3.67. The molecule has 0 aromatic carbocycles. The van der Waals surface area contributed by atoms with Crippen LogP contribution in [-0.2, 0) is 10.0 Å². The molecule has 2 fully saturated rings. The summed E-state index contributed by atoms with van der Waals surface area (Å²) in [7, 11) is -3.26. The molecule has 5 heteroatoms. The van der Waals surface area contributed by atoms with Crippen LogP contribution in [-0.4, -0.2) is 25.3 Å². The van der Waals surface area contributed by atoms with Gasteiger partial charge in [0.25, 0.3) is 10.0 Å². The maximum Gasteiger partial charge on any atom is 0.252 e. The molecule has 1 aliphatic heterocycles. The van der Waals surface area contributed by atoms with Crippen molar-refractivity contribution in [3.8, 4) is 0 Å². The number of thiophene rings is 1. The Morgan fingerprint density at radius 3 is 2.72 bits per heavy atom.